The van der Waals surface area contributed by atoms with Crippen molar-refractivity contribution in [1.82, 2.24) is 36.8 Å². The molecule has 0 saturated carbocycles. The van der Waals surface area contributed by atoms with E-state index in [1.165, 1.54) is 18.9 Å². The number of hydrogen-bond donors (Lipinski definition) is 8. The average Bonchev–Trinajstić information content (AvgIpc) is 3.66. The second kappa shape index (κ2) is 31.3. The predicted molar refractivity (Wildman–Crippen MR) is 227 cm³/mol. The minimum absolute atomic E-state index is 0.0870. The van der Waals surface area contributed by atoms with E-state index in [0.717, 1.165) is 5.92 Å². The first-order valence-corrected chi connectivity index (χ1v) is 20.7. The number of nitrogens with zero attached hydrogens (tertiary/aromatic N) is 1. The molecule has 7 amide bonds. The summed E-state index contributed by atoms with van der Waals surface area (Å²) in [7, 11) is 1.39. The van der Waals surface area contributed by atoms with Crippen LogP contribution >= 0.6 is 0 Å². The van der Waals surface area contributed by atoms with Gasteiger partial charge in [-0.2, -0.15) is 0 Å². The van der Waals surface area contributed by atoms with Crippen molar-refractivity contribution in [2.75, 3.05) is 46.4 Å². The van der Waals surface area contributed by atoms with E-state index in [4.69, 9.17) is 9.84 Å². The van der Waals surface area contributed by atoms with E-state index in [1.54, 1.807) is 20.8 Å². The van der Waals surface area contributed by atoms with E-state index in [1.807, 2.05) is 41.5 Å². The van der Waals surface area contributed by atoms with Crippen molar-refractivity contribution in [1.29, 1.82) is 0 Å². The molecule has 1 saturated heterocycles. The first kappa shape index (κ1) is 59.7. The first-order chi connectivity index (χ1) is 27.7. The SMILES string of the molecule is CC.CC(C)C.CCC(=O)O.CNC(=O)CNC(=O)CNC(=O)C(NC(=O)CNC(=O)C1CCCN1C(=O)CNC(=O)C(C)(C)CCOC(C)(C)CC(=O)C(C)C)C(C)O. The summed E-state index contributed by atoms with van der Waals surface area (Å²) < 4.78 is 5.90. The predicted octanol–water partition coefficient (Wildman–Crippen LogP) is 1.05. The number of carbonyl (C=O) groups is 9. The number of nitrogens with one attached hydrogen (secondary N) is 6. The van der Waals surface area contributed by atoms with Gasteiger partial charge in [-0.25, -0.2) is 0 Å². The van der Waals surface area contributed by atoms with Crippen molar-refractivity contribution in [2.24, 2.45) is 17.3 Å². The van der Waals surface area contributed by atoms with Gasteiger partial charge in [0, 0.05) is 44.4 Å². The quantitative estimate of drug-likeness (QED) is 0.0805. The fourth-order valence-electron chi connectivity index (χ4n) is 4.73. The number of likely N-dealkylation sites (tertiary alicyclic amines) is 1. The van der Waals surface area contributed by atoms with Crippen LogP contribution in [0.5, 0.6) is 0 Å². The molecule has 0 aromatic carbocycles. The van der Waals surface area contributed by atoms with Crippen LogP contribution < -0.4 is 31.9 Å². The standard InChI is InChI=1S/C32H55N7O10.C4H10.C3H6O2.C2H6/c1-19(2)22(41)14-32(6,7)49-13-11-31(4,5)30(48)37-18-26(45)39-12-9-10-21(39)28(46)35-17-25(44)38-27(20(3)40)29(47)36-16-24(43)34-15-23(42)33-8;1-4(2)3;1-2-3(4)5;1-2/h19-21,27,40H,9-18H2,1-8H3,(H,33,42)(H,34,43)(H,35,46)(H,36,47)(H,37,48)(H,38,44);4H,1-3H3;2H2,1H3,(H,4,5);1-2H3. The highest BCUT2D eigenvalue weighted by molar-refractivity contribution is 5.95. The van der Waals surface area contributed by atoms with Gasteiger partial charge in [0.05, 0.1) is 37.9 Å². The zero-order chi connectivity index (χ0) is 47.4. The third kappa shape index (κ3) is 27.9. The maximum absolute atomic E-state index is 13.0. The molecule has 1 aliphatic heterocycles. The smallest absolute Gasteiger partial charge is 0.303 e. The Morgan fingerprint density at radius 3 is 1.78 bits per heavy atom. The number of aliphatic hydroxyl groups is 1. The summed E-state index contributed by atoms with van der Waals surface area (Å²) in [5.41, 5.74) is -1.56. The Labute approximate surface area is 357 Å². The molecule has 3 atom stereocenters. The largest absolute Gasteiger partial charge is 0.481 e. The molecule has 0 radical (unpaired) electrons. The monoisotopic (exact) mass is 860 g/mol. The maximum Gasteiger partial charge on any atom is 0.303 e. The van der Waals surface area contributed by atoms with Crippen molar-refractivity contribution >= 4 is 53.1 Å². The molecule has 1 fully saturated rings. The Bertz CT molecular complexity index is 1380. The zero-order valence-electron chi connectivity index (χ0n) is 38.6. The summed E-state index contributed by atoms with van der Waals surface area (Å²) >= 11 is 0. The fourth-order valence-corrected chi connectivity index (χ4v) is 4.73. The Kier molecular flexibility index (Phi) is 31.1. The lowest BCUT2D eigenvalue weighted by Gasteiger charge is -2.29. The molecule has 60 heavy (non-hydrogen) atoms. The van der Waals surface area contributed by atoms with Gasteiger partial charge in [-0.05, 0) is 46.0 Å². The number of likely N-dealkylation sites (N-methyl/N-ethyl adjacent to an activating group) is 1. The van der Waals surface area contributed by atoms with Gasteiger partial charge in [-0.1, -0.05) is 69.2 Å². The van der Waals surface area contributed by atoms with Gasteiger partial charge in [-0.15, -0.1) is 0 Å². The first-order valence-electron chi connectivity index (χ1n) is 20.7. The summed E-state index contributed by atoms with van der Waals surface area (Å²) in [6.45, 7) is 22.9. The number of ether oxygens (including phenoxy) is 1. The van der Waals surface area contributed by atoms with E-state index < -0.39 is 83.7 Å². The van der Waals surface area contributed by atoms with E-state index in [-0.39, 0.29) is 56.7 Å². The lowest BCUT2D eigenvalue weighted by molar-refractivity contribution is -0.140. The molecule has 1 aliphatic rings. The molecule has 0 bridgehead atoms. The van der Waals surface area contributed by atoms with Crippen molar-refractivity contribution in [3.8, 4) is 0 Å². The molecular formula is C41H77N7O12. The Balaban J connectivity index is -0.00000262. The molecule has 19 nitrogen and oxygen atoms in total. The third-order valence-corrected chi connectivity index (χ3v) is 8.31. The molecule has 8 N–H and O–H groups in total. The summed E-state index contributed by atoms with van der Waals surface area (Å²) in [5, 5.41) is 32.0. The van der Waals surface area contributed by atoms with Gasteiger partial charge in [0.15, 0.2) is 0 Å². The molecule has 0 aliphatic carbocycles. The summed E-state index contributed by atoms with van der Waals surface area (Å²) in [6, 6.07) is -2.32. The number of Topliss-reactive ketones (excluding diaryl/α,β-unsaturated/α-hetero) is 1. The molecule has 348 valence electrons. The minimum atomic E-state index is -1.44. The van der Waals surface area contributed by atoms with E-state index in [9.17, 15) is 48.3 Å². The van der Waals surface area contributed by atoms with Crippen LogP contribution in [0.4, 0.5) is 0 Å². The molecule has 0 aromatic heterocycles. The number of carboxylic acids is 1. The number of hydrogen-bond acceptors (Lipinski definition) is 11. The number of aliphatic hydroxyl groups excluding tert-OH is 1. The van der Waals surface area contributed by atoms with E-state index >= 15 is 0 Å². The van der Waals surface area contributed by atoms with Crippen LogP contribution in [0.2, 0.25) is 0 Å². The van der Waals surface area contributed by atoms with Crippen molar-refractivity contribution in [3.05, 3.63) is 0 Å². The van der Waals surface area contributed by atoms with Crippen LogP contribution in [-0.2, 0) is 47.9 Å². The normalized spacial score (nSPS) is 14.3. The number of carboxylic acid groups (broad SMARTS) is 1. The Morgan fingerprint density at radius 2 is 1.30 bits per heavy atom. The van der Waals surface area contributed by atoms with Crippen LogP contribution in [0.25, 0.3) is 0 Å². The van der Waals surface area contributed by atoms with Crippen LogP contribution in [0, 0.1) is 17.3 Å². The maximum atomic E-state index is 13.0. The second-order valence-corrected chi connectivity index (χ2v) is 16.1. The summed E-state index contributed by atoms with van der Waals surface area (Å²) in [6.07, 6.45) is 0.339. The molecule has 1 rings (SSSR count). The van der Waals surface area contributed by atoms with Crippen LogP contribution in [-0.4, -0.2) is 138 Å². The summed E-state index contributed by atoms with van der Waals surface area (Å²) in [5.74, 6) is -4.15. The number of amides is 7. The van der Waals surface area contributed by atoms with Crippen molar-refractivity contribution in [2.45, 2.75) is 146 Å². The lowest BCUT2D eigenvalue weighted by atomic mass is 9.88. The Morgan fingerprint density at radius 1 is 0.783 bits per heavy atom. The molecule has 19 heteroatoms. The fraction of sp³-hybridized carbons (Fsp3) is 0.780. The Hall–Kier alpha value is -4.65. The van der Waals surface area contributed by atoms with Gasteiger partial charge in [0.2, 0.25) is 41.4 Å². The topological polar surface area (TPSA) is 279 Å². The van der Waals surface area contributed by atoms with Gasteiger partial charge in [-0.3, -0.25) is 43.2 Å². The minimum Gasteiger partial charge on any atom is -0.481 e. The second-order valence-electron chi connectivity index (χ2n) is 16.1. The van der Waals surface area contributed by atoms with Gasteiger partial charge in [0.25, 0.3) is 0 Å². The van der Waals surface area contributed by atoms with Crippen LogP contribution in [0.1, 0.15) is 122 Å². The number of rotatable bonds is 21. The van der Waals surface area contributed by atoms with E-state index in [0.29, 0.717) is 19.3 Å². The number of carbonyl (C=O) groups excluding carboxylic acids is 8. The zero-order valence-corrected chi connectivity index (χ0v) is 38.6. The highest BCUT2D eigenvalue weighted by Crippen LogP contribution is 2.24. The van der Waals surface area contributed by atoms with Crippen LogP contribution in [0.15, 0.2) is 0 Å². The average molecular weight is 860 g/mol. The highest BCUT2D eigenvalue weighted by atomic mass is 16.5. The highest BCUT2D eigenvalue weighted by Gasteiger charge is 2.36. The number of ketones is 1. The molecule has 3 unspecified atom stereocenters. The molecule has 0 aromatic rings. The van der Waals surface area contributed by atoms with Crippen LogP contribution in [0.3, 0.4) is 0 Å². The van der Waals surface area contributed by atoms with Crippen molar-refractivity contribution in [3.63, 3.8) is 0 Å². The van der Waals surface area contributed by atoms with Gasteiger partial charge < -0.3 is 51.8 Å². The van der Waals surface area contributed by atoms with E-state index in [2.05, 4.69) is 52.7 Å². The van der Waals surface area contributed by atoms with Gasteiger partial charge in [0.1, 0.15) is 17.9 Å². The molecule has 0 spiro atoms. The van der Waals surface area contributed by atoms with Gasteiger partial charge >= 0.3 is 5.97 Å². The third-order valence-electron chi connectivity index (χ3n) is 8.31. The lowest BCUT2D eigenvalue weighted by Crippen LogP contribution is -2.56. The molecule has 1 heterocycles. The van der Waals surface area contributed by atoms with Crippen molar-refractivity contribution < 1.29 is 58.1 Å². The summed E-state index contributed by atoms with van der Waals surface area (Å²) in [4.78, 5) is 110. The number of aliphatic carboxylic acids is 1. The molecular weight excluding hydrogens is 782 g/mol.